The van der Waals surface area contributed by atoms with Crippen LogP contribution in [-0.4, -0.2) is 50.0 Å². The Labute approximate surface area is 180 Å². The minimum atomic E-state index is 0.141. The summed E-state index contributed by atoms with van der Waals surface area (Å²) in [5.74, 6) is 1.81. The summed E-state index contributed by atoms with van der Waals surface area (Å²) in [4.78, 5) is 19.1. The van der Waals surface area contributed by atoms with Crippen molar-refractivity contribution in [1.29, 1.82) is 0 Å². The molecule has 0 saturated carbocycles. The van der Waals surface area contributed by atoms with Gasteiger partial charge in [0.15, 0.2) is 5.96 Å². The zero-order valence-corrected chi connectivity index (χ0v) is 18.2. The third-order valence-corrected chi connectivity index (χ3v) is 5.83. The van der Waals surface area contributed by atoms with E-state index in [4.69, 9.17) is 4.99 Å². The summed E-state index contributed by atoms with van der Waals surface area (Å²) < 4.78 is 0. The number of rotatable bonds is 7. The second-order valence-corrected chi connectivity index (χ2v) is 7.88. The van der Waals surface area contributed by atoms with Gasteiger partial charge in [0, 0.05) is 39.0 Å². The molecular weight excluding hydrogens is 372 g/mol. The molecule has 160 valence electrons. The van der Waals surface area contributed by atoms with E-state index in [1.807, 2.05) is 0 Å². The first kappa shape index (κ1) is 21.9. The number of carbonyl (C=O) groups is 1. The zero-order chi connectivity index (χ0) is 21.2. The molecule has 1 heterocycles. The van der Waals surface area contributed by atoms with Crippen LogP contribution in [0, 0.1) is 5.92 Å². The fourth-order valence-electron chi connectivity index (χ4n) is 4.09. The Hall–Kier alpha value is -2.82. The molecule has 0 aromatic heterocycles. The van der Waals surface area contributed by atoms with Crippen LogP contribution >= 0.6 is 0 Å². The SMILES string of the molecule is CCNC(=NCC(c1ccccc1)c1ccccc1)N1CCC(CC(=O)NC)CC1. The number of guanidine groups is 1. The van der Waals surface area contributed by atoms with Crippen LogP contribution in [0.5, 0.6) is 0 Å². The fourth-order valence-corrected chi connectivity index (χ4v) is 4.09. The molecule has 1 aliphatic heterocycles. The van der Waals surface area contributed by atoms with E-state index in [1.165, 1.54) is 11.1 Å². The summed E-state index contributed by atoms with van der Waals surface area (Å²) >= 11 is 0. The van der Waals surface area contributed by atoms with Crippen LogP contribution in [0.4, 0.5) is 0 Å². The maximum Gasteiger partial charge on any atom is 0.220 e. The van der Waals surface area contributed by atoms with E-state index >= 15 is 0 Å². The standard InChI is InChI=1S/C25H34N4O/c1-3-27-25(29-16-14-20(15-17-29)18-24(30)26-2)28-19-23(21-10-6-4-7-11-21)22-12-8-5-9-13-22/h4-13,20,23H,3,14-19H2,1-2H3,(H,26,30)(H,27,28). The Kier molecular flexibility index (Phi) is 8.30. The monoisotopic (exact) mass is 406 g/mol. The molecule has 1 fully saturated rings. The molecule has 0 bridgehead atoms. The molecule has 2 N–H and O–H groups in total. The molecule has 0 radical (unpaired) electrons. The lowest BCUT2D eigenvalue weighted by atomic mass is 9.91. The average Bonchev–Trinajstić information content (AvgIpc) is 2.80. The Bertz CT molecular complexity index is 759. The van der Waals surface area contributed by atoms with Gasteiger partial charge >= 0.3 is 0 Å². The van der Waals surface area contributed by atoms with Crippen molar-refractivity contribution >= 4 is 11.9 Å². The van der Waals surface area contributed by atoms with Crippen molar-refractivity contribution in [2.24, 2.45) is 10.9 Å². The van der Waals surface area contributed by atoms with Crippen LogP contribution in [-0.2, 0) is 4.79 Å². The van der Waals surface area contributed by atoms with Crippen molar-refractivity contribution < 1.29 is 4.79 Å². The summed E-state index contributed by atoms with van der Waals surface area (Å²) in [7, 11) is 1.71. The zero-order valence-electron chi connectivity index (χ0n) is 18.2. The highest BCUT2D eigenvalue weighted by Crippen LogP contribution is 2.25. The third kappa shape index (κ3) is 6.09. The quantitative estimate of drug-likeness (QED) is 0.545. The molecule has 2 aromatic rings. The topological polar surface area (TPSA) is 56.7 Å². The Morgan fingerprint density at radius 3 is 2.10 bits per heavy atom. The highest BCUT2D eigenvalue weighted by Gasteiger charge is 2.23. The molecule has 0 unspecified atom stereocenters. The first-order valence-corrected chi connectivity index (χ1v) is 11.0. The minimum absolute atomic E-state index is 0.141. The van der Waals surface area contributed by atoms with Gasteiger partial charge in [-0.3, -0.25) is 9.79 Å². The smallest absolute Gasteiger partial charge is 0.220 e. The molecule has 1 aliphatic rings. The van der Waals surface area contributed by atoms with Crippen molar-refractivity contribution in [3.8, 4) is 0 Å². The summed E-state index contributed by atoms with van der Waals surface area (Å²) in [5, 5.41) is 6.22. The van der Waals surface area contributed by atoms with Gasteiger partial charge in [0.25, 0.3) is 0 Å². The lowest BCUT2D eigenvalue weighted by molar-refractivity contribution is -0.121. The van der Waals surface area contributed by atoms with Crippen molar-refractivity contribution in [3.63, 3.8) is 0 Å². The van der Waals surface area contributed by atoms with Crippen LogP contribution in [0.3, 0.4) is 0 Å². The van der Waals surface area contributed by atoms with Gasteiger partial charge in [0.1, 0.15) is 0 Å². The van der Waals surface area contributed by atoms with Crippen molar-refractivity contribution in [2.45, 2.75) is 32.1 Å². The minimum Gasteiger partial charge on any atom is -0.359 e. The van der Waals surface area contributed by atoms with E-state index in [9.17, 15) is 4.79 Å². The van der Waals surface area contributed by atoms with Gasteiger partial charge in [-0.2, -0.15) is 0 Å². The number of likely N-dealkylation sites (tertiary alicyclic amines) is 1. The van der Waals surface area contributed by atoms with Crippen LogP contribution < -0.4 is 10.6 Å². The number of piperidine rings is 1. The number of amides is 1. The van der Waals surface area contributed by atoms with Gasteiger partial charge in [-0.25, -0.2) is 0 Å². The maximum atomic E-state index is 11.7. The van der Waals surface area contributed by atoms with E-state index in [0.717, 1.165) is 38.4 Å². The van der Waals surface area contributed by atoms with Crippen molar-refractivity contribution in [1.82, 2.24) is 15.5 Å². The van der Waals surface area contributed by atoms with Gasteiger partial charge in [0.2, 0.25) is 5.91 Å². The molecule has 1 amide bonds. The number of nitrogens with zero attached hydrogens (tertiary/aromatic N) is 2. The predicted octanol–water partition coefficient (Wildman–Crippen LogP) is 3.63. The molecular formula is C25H34N4O. The van der Waals surface area contributed by atoms with Gasteiger partial charge in [-0.05, 0) is 36.8 Å². The van der Waals surface area contributed by atoms with Crippen molar-refractivity contribution in [2.75, 3.05) is 33.2 Å². The second kappa shape index (κ2) is 11.4. The molecule has 0 spiro atoms. The summed E-state index contributed by atoms with van der Waals surface area (Å²) in [6, 6.07) is 21.2. The van der Waals surface area contributed by atoms with Crippen LogP contribution in [0.1, 0.15) is 43.2 Å². The lowest BCUT2D eigenvalue weighted by Gasteiger charge is -2.34. The van der Waals surface area contributed by atoms with E-state index in [-0.39, 0.29) is 11.8 Å². The van der Waals surface area contributed by atoms with E-state index in [2.05, 4.69) is 83.1 Å². The number of benzene rings is 2. The Balaban J connectivity index is 1.71. The fraction of sp³-hybridized carbons (Fsp3) is 0.440. The number of aliphatic imine (C=N–C) groups is 1. The lowest BCUT2D eigenvalue weighted by Crippen LogP contribution is -2.46. The number of carbonyl (C=O) groups excluding carboxylic acids is 1. The number of hydrogen-bond donors (Lipinski definition) is 2. The van der Waals surface area contributed by atoms with Crippen LogP contribution in [0.2, 0.25) is 0 Å². The van der Waals surface area contributed by atoms with Gasteiger partial charge in [0.05, 0.1) is 6.54 Å². The number of hydrogen-bond acceptors (Lipinski definition) is 2. The normalized spacial score (nSPS) is 15.3. The predicted molar refractivity (Wildman–Crippen MR) is 124 cm³/mol. The molecule has 2 aromatic carbocycles. The largest absolute Gasteiger partial charge is 0.359 e. The summed E-state index contributed by atoms with van der Waals surface area (Å²) in [5.41, 5.74) is 2.57. The molecule has 1 saturated heterocycles. The van der Waals surface area contributed by atoms with Crippen LogP contribution in [0.15, 0.2) is 65.7 Å². The molecule has 5 nitrogen and oxygen atoms in total. The maximum absolute atomic E-state index is 11.7. The van der Waals surface area contributed by atoms with E-state index < -0.39 is 0 Å². The molecule has 0 atom stereocenters. The van der Waals surface area contributed by atoms with Gasteiger partial charge < -0.3 is 15.5 Å². The summed E-state index contributed by atoms with van der Waals surface area (Å²) in [6.07, 6.45) is 2.68. The summed E-state index contributed by atoms with van der Waals surface area (Å²) in [6.45, 7) is 5.54. The van der Waals surface area contributed by atoms with Crippen molar-refractivity contribution in [3.05, 3.63) is 71.8 Å². The molecule has 30 heavy (non-hydrogen) atoms. The highest BCUT2D eigenvalue weighted by atomic mass is 16.1. The first-order valence-electron chi connectivity index (χ1n) is 11.0. The van der Waals surface area contributed by atoms with Gasteiger partial charge in [-0.1, -0.05) is 60.7 Å². The third-order valence-electron chi connectivity index (χ3n) is 5.83. The van der Waals surface area contributed by atoms with E-state index in [0.29, 0.717) is 18.9 Å². The Morgan fingerprint density at radius 2 is 1.60 bits per heavy atom. The number of nitrogens with one attached hydrogen (secondary N) is 2. The van der Waals surface area contributed by atoms with Gasteiger partial charge in [-0.15, -0.1) is 0 Å². The molecule has 5 heteroatoms. The first-order chi connectivity index (χ1) is 14.7. The molecule has 0 aliphatic carbocycles. The molecule has 3 rings (SSSR count). The van der Waals surface area contributed by atoms with E-state index in [1.54, 1.807) is 7.05 Å². The second-order valence-electron chi connectivity index (χ2n) is 7.88. The Morgan fingerprint density at radius 1 is 1.03 bits per heavy atom. The highest BCUT2D eigenvalue weighted by molar-refractivity contribution is 5.80. The average molecular weight is 407 g/mol. The van der Waals surface area contributed by atoms with Crippen LogP contribution in [0.25, 0.3) is 0 Å².